The number of aliphatic hydroxyl groups is 1. The van der Waals surface area contributed by atoms with Gasteiger partial charge < -0.3 is 24.8 Å². The number of amides is 2. The number of hydrogen-bond donors (Lipinski definition) is 2. The number of fused-ring (bicyclic) bond motifs is 1. The van der Waals surface area contributed by atoms with E-state index in [9.17, 15) is 19.5 Å². The van der Waals surface area contributed by atoms with Gasteiger partial charge in [-0.1, -0.05) is 13.3 Å². The van der Waals surface area contributed by atoms with Crippen molar-refractivity contribution in [1.82, 2.24) is 10.2 Å². The fourth-order valence-electron chi connectivity index (χ4n) is 5.15. The van der Waals surface area contributed by atoms with Gasteiger partial charge in [0.2, 0.25) is 11.8 Å². The zero-order chi connectivity index (χ0) is 19.8. The summed E-state index contributed by atoms with van der Waals surface area (Å²) in [5.74, 6) is -2.50. The fraction of sp³-hybridized carbons (Fsp3) is 0.842. The van der Waals surface area contributed by atoms with Crippen molar-refractivity contribution in [3.8, 4) is 0 Å². The van der Waals surface area contributed by atoms with Crippen molar-refractivity contribution in [1.29, 1.82) is 0 Å². The van der Waals surface area contributed by atoms with Crippen molar-refractivity contribution in [3.63, 3.8) is 0 Å². The van der Waals surface area contributed by atoms with Crippen LogP contribution >= 0.6 is 0 Å². The Bertz CT molecular complexity index is 625. The minimum absolute atomic E-state index is 0.0402. The average molecular weight is 382 g/mol. The van der Waals surface area contributed by atoms with Gasteiger partial charge in [-0.3, -0.25) is 14.4 Å². The Kier molecular flexibility index (Phi) is 5.49. The van der Waals surface area contributed by atoms with Crippen LogP contribution in [0.25, 0.3) is 0 Å². The van der Waals surface area contributed by atoms with Gasteiger partial charge in [0.15, 0.2) is 0 Å². The second kappa shape index (κ2) is 7.39. The molecule has 0 saturated carbocycles. The SMILES string of the molecule is CCCCNC(=O)C1N(CCO)C(=O)[C@@H]2[C@H](C(=O)OCC)[C@]3(C)CCC12O3. The molecule has 2 N–H and O–H groups in total. The molecule has 3 aliphatic heterocycles. The lowest BCUT2D eigenvalue weighted by atomic mass is 9.66. The molecule has 3 aliphatic rings. The summed E-state index contributed by atoms with van der Waals surface area (Å²) in [7, 11) is 0. The molecular formula is C19H30N2O6. The van der Waals surface area contributed by atoms with Gasteiger partial charge >= 0.3 is 5.97 Å². The Balaban J connectivity index is 1.96. The molecule has 8 heteroatoms. The van der Waals surface area contributed by atoms with Gasteiger partial charge in [0.25, 0.3) is 0 Å². The van der Waals surface area contributed by atoms with E-state index in [1.54, 1.807) is 6.92 Å². The predicted octanol–water partition coefficient (Wildman–Crippen LogP) is 0.223. The minimum Gasteiger partial charge on any atom is -0.466 e. The van der Waals surface area contributed by atoms with Crippen LogP contribution in [-0.4, -0.2) is 71.3 Å². The molecule has 5 atom stereocenters. The Morgan fingerprint density at radius 2 is 2.11 bits per heavy atom. The fourth-order valence-corrected chi connectivity index (χ4v) is 5.15. The molecular weight excluding hydrogens is 352 g/mol. The largest absolute Gasteiger partial charge is 0.466 e. The summed E-state index contributed by atoms with van der Waals surface area (Å²) in [6.07, 6.45) is 2.90. The van der Waals surface area contributed by atoms with Crippen molar-refractivity contribution < 1.29 is 29.0 Å². The summed E-state index contributed by atoms with van der Waals surface area (Å²) in [4.78, 5) is 40.3. The summed E-state index contributed by atoms with van der Waals surface area (Å²) in [6, 6.07) is -0.833. The van der Waals surface area contributed by atoms with Crippen LogP contribution in [0.2, 0.25) is 0 Å². The van der Waals surface area contributed by atoms with Gasteiger partial charge in [-0.15, -0.1) is 0 Å². The lowest BCUT2D eigenvalue weighted by molar-refractivity contribution is -0.159. The third-order valence-electron chi connectivity index (χ3n) is 6.24. The second-order valence-corrected chi connectivity index (χ2v) is 7.88. The van der Waals surface area contributed by atoms with E-state index in [1.165, 1.54) is 4.90 Å². The van der Waals surface area contributed by atoms with Gasteiger partial charge in [-0.05, 0) is 33.1 Å². The third kappa shape index (κ3) is 2.93. The number of nitrogens with one attached hydrogen (secondary N) is 1. The highest BCUT2D eigenvalue weighted by Crippen LogP contribution is 2.63. The number of hydrogen-bond acceptors (Lipinski definition) is 6. The van der Waals surface area contributed by atoms with Crippen molar-refractivity contribution in [3.05, 3.63) is 0 Å². The molecule has 0 aromatic heterocycles. The van der Waals surface area contributed by atoms with E-state index < -0.39 is 35.0 Å². The summed E-state index contributed by atoms with van der Waals surface area (Å²) in [5.41, 5.74) is -1.84. The van der Waals surface area contributed by atoms with Gasteiger partial charge in [0.05, 0.1) is 24.7 Å². The van der Waals surface area contributed by atoms with Crippen molar-refractivity contribution in [2.45, 2.75) is 63.7 Å². The van der Waals surface area contributed by atoms with E-state index in [4.69, 9.17) is 9.47 Å². The zero-order valence-electron chi connectivity index (χ0n) is 16.3. The Morgan fingerprint density at radius 1 is 1.37 bits per heavy atom. The molecule has 1 spiro atoms. The van der Waals surface area contributed by atoms with E-state index in [-0.39, 0.29) is 31.6 Å². The molecule has 2 unspecified atom stereocenters. The molecule has 2 bridgehead atoms. The highest BCUT2D eigenvalue weighted by Gasteiger charge is 2.78. The molecule has 3 saturated heterocycles. The van der Waals surface area contributed by atoms with Crippen LogP contribution in [0.3, 0.4) is 0 Å². The second-order valence-electron chi connectivity index (χ2n) is 7.88. The highest BCUT2D eigenvalue weighted by molar-refractivity contribution is 5.98. The number of unbranched alkanes of at least 4 members (excludes halogenated alkanes) is 1. The molecule has 8 nitrogen and oxygen atoms in total. The lowest BCUT2D eigenvalue weighted by Crippen LogP contribution is -2.55. The van der Waals surface area contributed by atoms with Crippen LogP contribution in [0, 0.1) is 11.8 Å². The Hall–Kier alpha value is -1.67. The van der Waals surface area contributed by atoms with Gasteiger partial charge in [-0.2, -0.15) is 0 Å². The smallest absolute Gasteiger partial charge is 0.312 e. The molecule has 3 fully saturated rings. The molecule has 27 heavy (non-hydrogen) atoms. The van der Waals surface area contributed by atoms with Crippen LogP contribution in [0.4, 0.5) is 0 Å². The van der Waals surface area contributed by atoms with Crippen molar-refractivity contribution >= 4 is 17.8 Å². The van der Waals surface area contributed by atoms with Crippen molar-refractivity contribution in [2.75, 3.05) is 26.3 Å². The van der Waals surface area contributed by atoms with Gasteiger partial charge in [-0.25, -0.2) is 0 Å². The molecule has 0 aromatic rings. The average Bonchev–Trinajstić information content (AvgIpc) is 3.17. The normalized spacial score (nSPS) is 36.8. The van der Waals surface area contributed by atoms with E-state index >= 15 is 0 Å². The molecule has 3 heterocycles. The number of rotatable bonds is 8. The van der Waals surface area contributed by atoms with Crippen molar-refractivity contribution in [2.24, 2.45) is 11.8 Å². The maximum absolute atomic E-state index is 13.2. The monoisotopic (exact) mass is 382 g/mol. The number of esters is 1. The minimum atomic E-state index is -1.03. The van der Waals surface area contributed by atoms with Gasteiger partial charge in [0.1, 0.15) is 17.6 Å². The van der Waals surface area contributed by atoms with Crippen LogP contribution in [-0.2, 0) is 23.9 Å². The molecule has 0 aliphatic carbocycles. The maximum atomic E-state index is 13.2. The number of carbonyl (C=O) groups excluding carboxylic acids is 3. The zero-order valence-corrected chi connectivity index (χ0v) is 16.3. The Morgan fingerprint density at radius 3 is 2.74 bits per heavy atom. The Labute approximate surface area is 159 Å². The van der Waals surface area contributed by atoms with Crippen LogP contribution in [0.5, 0.6) is 0 Å². The maximum Gasteiger partial charge on any atom is 0.312 e. The lowest BCUT2D eigenvalue weighted by Gasteiger charge is -2.33. The first kappa shape index (κ1) is 20.1. The van der Waals surface area contributed by atoms with E-state index in [1.807, 2.05) is 13.8 Å². The van der Waals surface area contributed by atoms with Gasteiger partial charge in [0, 0.05) is 13.1 Å². The molecule has 0 radical (unpaired) electrons. The number of likely N-dealkylation sites (tertiary alicyclic amines) is 1. The number of aliphatic hydroxyl groups excluding tert-OH is 1. The summed E-state index contributed by atoms with van der Waals surface area (Å²) >= 11 is 0. The molecule has 152 valence electrons. The number of β-amino-alcohol motifs (C(OH)–C–C–N with tert-alkyl or cyclic N) is 1. The number of ether oxygens (including phenoxy) is 2. The number of carbonyl (C=O) groups is 3. The van der Waals surface area contributed by atoms with E-state index in [0.29, 0.717) is 19.4 Å². The quantitative estimate of drug-likeness (QED) is 0.460. The molecule has 3 rings (SSSR count). The van der Waals surface area contributed by atoms with Crippen LogP contribution < -0.4 is 5.32 Å². The van der Waals surface area contributed by atoms with E-state index in [0.717, 1.165) is 12.8 Å². The van der Waals surface area contributed by atoms with Crippen LogP contribution in [0.15, 0.2) is 0 Å². The summed E-state index contributed by atoms with van der Waals surface area (Å²) in [6.45, 7) is 6.12. The first-order chi connectivity index (χ1) is 12.9. The number of nitrogens with zero attached hydrogens (tertiary/aromatic N) is 1. The summed E-state index contributed by atoms with van der Waals surface area (Å²) < 4.78 is 11.6. The van der Waals surface area contributed by atoms with Crippen LogP contribution in [0.1, 0.15) is 46.5 Å². The molecule has 2 amide bonds. The summed E-state index contributed by atoms with van der Waals surface area (Å²) in [5, 5.41) is 12.3. The first-order valence-electron chi connectivity index (χ1n) is 9.92. The standard InChI is InChI=1S/C19H30N2O6/c1-4-6-9-20-15(23)14-19-8-7-18(3,27-19)13(17(25)26-5-2)12(19)16(24)21(14)10-11-22/h12-14,22H,4-11H2,1-3H3,(H,20,23)/t12-,13+,14?,18-,19?/m0/s1. The third-order valence-corrected chi connectivity index (χ3v) is 6.24. The highest BCUT2D eigenvalue weighted by atomic mass is 16.6. The molecule has 0 aromatic carbocycles. The first-order valence-corrected chi connectivity index (χ1v) is 9.92. The predicted molar refractivity (Wildman–Crippen MR) is 95.6 cm³/mol. The van der Waals surface area contributed by atoms with E-state index in [2.05, 4.69) is 5.32 Å². The topological polar surface area (TPSA) is 105 Å².